The molecule has 2 N–H and O–H groups in total. The van der Waals surface area contributed by atoms with Crippen LogP contribution in [0.1, 0.15) is 0 Å². The molecule has 0 radical (unpaired) electrons. The van der Waals surface area contributed by atoms with Crippen LogP contribution in [0.4, 0.5) is 5.69 Å². The van der Waals surface area contributed by atoms with Gasteiger partial charge in [0.1, 0.15) is 5.75 Å². The van der Waals surface area contributed by atoms with Crippen molar-refractivity contribution in [3.8, 4) is 0 Å². The third kappa shape index (κ3) is 2.16. The molecule has 1 aromatic rings. The van der Waals surface area contributed by atoms with Gasteiger partial charge in [0.2, 0.25) is 5.91 Å². The molecule has 0 saturated carbocycles. The van der Waals surface area contributed by atoms with Gasteiger partial charge in [-0.3, -0.25) is 9.35 Å². The lowest BCUT2D eigenvalue weighted by atomic mass is 10.3. The van der Waals surface area contributed by atoms with Crippen LogP contribution in [0.15, 0.2) is 28.0 Å². The summed E-state index contributed by atoms with van der Waals surface area (Å²) in [6.45, 7) is 0. The molecule has 0 saturated heterocycles. The van der Waals surface area contributed by atoms with E-state index in [-0.39, 0.29) is 10.6 Å². The van der Waals surface area contributed by atoms with Crippen molar-refractivity contribution in [3.05, 3.63) is 18.2 Å². The number of sulfone groups is 1. The highest BCUT2D eigenvalue weighted by atomic mass is 32.2. The second-order valence-electron chi connectivity index (χ2n) is 3.44. The summed E-state index contributed by atoms with van der Waals surface area (Å²) in [6, 6.07) is 2.95. The van der Waals surface area contributed by atoms with E-state index in [0.717, 1.165) is 18.2 Å². The Morgan fingerprint density at radius 1 is 1.29 bits per heavy atom. The molecular weight excluding hydrogens is 270 g/mol. The summed E-state index contributed by atoms with van der Waals surface area (Å²) in [6.07, 6.45) is 0. The average Bonchev–Trinajstić information content (AvgIpc) is 2.13. The standard InChI is InChI=1S/C8H7NO6S2/c10-8-4-16(11,12)7-3-5(17(13,14)15)1-2-6(7)9-8/h1-3H,4H2,(H,9,10)(H,13,14,15). The zero-order valence-electron chi connectivity index (χ0n) is 8.24. The van der Waals surface area contributed by atoms with Crippen LogP contribution >= 0.6 is 0 Å². The monoisotopic (exact) mass is 277 g/mol. The van der Waals surface area contributed by atoms with Gasteiger partial charge < -0.3 is 5.32 Å². The number of anilines is 1. The highest BCUT2D eigenvalue weighted by molar-refractivity contribution is 7.92. The van der Waals surface area contributed by atoms with Crippen molar-refractivity contribution < 1.29 is 26.2 Å². The van der Waals surface area contributed by atoms with E-state index in [2.05, 4.69) is 5.32 Å². The lowest BCUT2D eigenvalue weighted by Gasteiger charge is -2.17. The Kier molecular flexibility index (Phi) is 2.49. The van der Waals surface area contributed by atoms with Crippen molar-refractivity contribution in [3.63, 3.8) is 0 Å². The maximum atomic E-state index is 11.6. The van der Waals surface area contributed by atoms with E-state index in [1.54, 1.807) is 0 Å². The number of fused-ring (bicyclic) bond motifs is 1. The Morgan fingerprint density at radius 3 is 2.53 bits per heavy atom. The van der Waals surface area contributed by atoms with Gasteiger partial charge in [0.05, 0.1) is 15.5 Å². The topological polar surface area (TPSA) is 118 Å². The molecule has 1 amide bonds. The molecule has 0 unspecified atom stereocenters. The molecular formula is C8H7NO6S2. The van der Waals surface area contributed by atoms with Crippen molar-refractivity contribution in [1.29, 1.82) is 0 Å². The summed E-state index contributed by atoms with van der Waals surface area (Å²) in [5.74, 6) is -1.42. The minimum absolute atomic E-state index is 0.00801. The van der Waals surface area contributed by atoms with Crippen molar-refractivity contribution >= 4 is 31.5 Å². The van der Waals surface area contributed by atoms with Crippen LogP contribution < -0.4 is 5.32 Å². The normalized spacial score (nSPS) is 18.3. The Hall–Kier alpha value is -1.45. The van der Waals surface area contributed by atoms with Crippen LogP contribution in [0.2, 0.25) is 0 Å². The van der Waals surface area contributed by atoms with Crippen LogP contribution in [0.3, 0.4) is 0 Å². The number of amides is 1. The molecule has 0 bridgehead atoms. The highest BCUT2D eigenvalue weighted by Gasteiger charge is 2.30. The van der Waals surface area contributed by atoms with Crippen LogP contribution in [0.5, 0.6) is 0 Å². The quantitative estimate of drug-likeness (QED) is 0.678. The Bertz CT molecular complexity index is 704. The summed E-state index contributed by atoms with van der Waals surface area (Å²) in [7, 11) is -8.34. The van der Waals surface area contributed by atoms with E-state index in [9.17, 15) is 21.6 Å². The van der Waals surface area contributed by atoms with E-state index in [4.69, 9.17) is 4.55 Å². The van der Waals surface area contributed by atoms with Gasteiger partial charge in [-0.1, -0.05) is 0 Å². The van der Waals surface area contributed by atoms with Crippen LogP contribution in [-0.2, 0) is 24.7 Å². The van der Waals surface area contributed by atoms with E-state index >= 15 is 0 Å². The number of carbonyl (C=O) groups excluding carboxylic acids is 1. The van der Waals surface area contributed by atoms with Gasteiger partial charge >= 0.3 is 0 Å². The number of nitrogens with one attached hydrogen (secondary N) is 1. The molecule has 9 heteroatoms. The van der Waals surface area contributed by atoms with E-state index in [1.165, 1.54) is 0 Å². The third-order valence-electron chi connectivity index (χ3n) is 2.18. The highest BCUT2D eigenvalue weighted by Crippen LogP contribution is 2.28. The van der Waals surface area contributed by atoms with E-state index < -0.39 is 36.5 Å². The van der Waals surface area contributed by atoms with Crippen molar-refractivity contribution in [2.75, 3.05) is 11.1 Å². The molecule has 1 heterocycles. The molecule has 0 atom stereocenters. The van der Waals surface area contributed by atoms with Crippen LogP contribution in [0, 0.1) is 0 Å². The van der Waals surface area contributed by atoms with Crippen LogP contribution in [-0.4, -0.2) is 33.0 Å². The van der Waals surface area contributed by atoms with E-state index in [1.807, 2.05) is 0 Å². The molecule has 0 aliphatic carbocycles. The molecule has 0 fully saturated rings. The largest absolute Gasteiger partial charge is 0.324 e. The first-order valence-electron chi connectivity index (χ1n) is 4.34. The zero-order valence-corrected chi connectivity index (χ0v) is 9.88. The Morgan fingerprint density at radius 2 is 1.94 bits per heavy atom. The molecule has 1 aliphatic rings. The van der Waals surface area contributed by atoms with Crippen molar-refractivity contribution in [1.82, 2.24) is 0 Å². The lowest BCUT2D eigenvalue weighted by Crippen LogP contribution is -2.29. The molecule has 17 heavy (non-hydrogen) atoms. The second kappa shape index (κ2) is 3.52. The van der Waals surface area contributed by atoms with Gasteiger partial charge in [-0.05, 0) is 18.2 Å². The SMILES string of the molecule is O=C1CS(=O)(=O)c2cc(S(=O)(=O)O)ccc2N1. The number of hydrogen-bond acceptors (Lipinski definition) is 5. The van der Waals surface area contributed by atoms with Gasteiger partial charge in [0.15, 0.2) is 9.84 Å². The minimum Gasteiger partial charge on any atom is -0.324 e. The second-order valence-corrected chi connectivity index (χ2v) is 6.82. The third-order valence-corrected chi connectivity index (χ3v) is 4.68. The smallest absolute Gasteiger partial charge is 0.294 e. The van der Waals surface area contributed by atoms with Crippen molar-refractivity contribution in [2.45, 2.75) is 9.79 Å². The zero-order chi connectivity index (χ0) is 12.8. The molecule has 1 aromatic carbocycles. The minimum atomic E-state index is -4.48. The predicted octanol–water partition coefficient (Wildman–Crippen LogP) is -0.341. The molecule has 2 rings (SSSR count). The number of carbonyl (C=O) groups is 1. The molecule has 7 nitrogen and oxygen atoms in total. The molecule has 1 aliphatic heterocycles. The maximum Gasteiger partial charge on any atom is 0.294 e. The van der Waals surface area contributed by atoms with E-state index in [0.29, 0.717) is 0 Å². The molecule has 0 spiro atoms. The lowest BCUT2D eigenvalue weighted by molar-refractivity contribution is -0.114. The maximum absolute atomic E-state index is 11.6. The fraction of sp³-hybridized carbons (Fsp3) is 0.125. The summed E-state index contributed by atoms with van der Waals surface area (Å²) >= 11 is 0. The van der Waals surface area contributed by atoms with Crippen molar-refractivity contribution in [2.24, 2.45) is 0 Å². The first-order valence-corrected chi connectivity index (χ1v) is 7.43. The fourth-order valence-electron chi connectivity index (χ4n) is 1.46. The predicted molar refractivity (Wildman–Crippen MR) is 56.9 cm³/mol. The first-order chi connectivity index (χ1) is 7.70. The summed E-state index contributed by atoms with van der Waals surface area (Å²) in [5, 5.41) is 2.30. The average molecular weight is 277 g/mol. The van der Waals surface area contributed by atoms with Gasteiger partial charge in [-0.2, -0.15) is 8.42 Å². The fourth-order valence-corrected chi connectivity index (χ4v) is 3.38. The van der Waals surface area contributed by atoms with Gasteiger partial charge in [-0.15, -0.1) is 0 Å². The summed E-state index contributed by atoms with van der Waals surface area (Å²) < 4.78 is 53.8. The number of benzene rings is 1. The Labute approximate surface area is 97.1 Å². The molecule has 92 valence electrons. The van der Waals surface area contributed by atoms with Gasteiger partial charge in [0, 0.05) is 0 Å². The molecule has 0 aromatic heterocycles. The Balaban J connectivity index is 2.72. The number of rotatable bonds is 1. The van der Waals surface area contributed by atoms with Gasteiger partial charge in [-0.25, -0.2) is 8.42 Å². The van der Waals surface area contributed by atoms with Crippen LogP contribution in [0.25, 0.3) is 0 Å². The van der Waals surface area contributed by atoms with Gasteiger partial charge in [0.25, 0.3) is 10.1 Å². The summed E-state index contributed by atoms with van der Waals surface area (Å²) in [5.41, 5.74) is 0.00801. The number of hydrogen-bond donors (Lipinski definition) is 2. The first kappa shape index (κ1) is 12.0. The summed E-state index contributed by atoms with van der Waals surface area (Å²) in [4.78, 5) is 10.2.